The van der Waals surface area contributed by atoms with Gasteiger partial charge in [-0.05, 0) is 59.2 Å². The predicted octanol–water partition coefficient (Wildman–Crippen LogP) is 2.90. The molecule has 1 atom stereocenters. The van der Waals surface area contributed by atoms with Crippen molar-refractivity contribution in [1.29, 1.82) is 0 Å². The number of rotatable bonds is 9. The molecule has 0 saturated carbocycles. The first-order valence-electron chi connectivity index (χ1n) is 7.83. The molecule has 0 aromatic heterocycles. The first-order valence-corrected chi connectivity index (χ1v) is 10.4. The Labute approximate surface area is 152 Å². The number of sulfonamides is 1. The summed E-state index contributed by atoms with van der Waals surface area (Å²) in [5, 5.41) is 2.81. The summed E-state index contributed by atoms with van der Waals surface area (Å²) in [5.41, 5.74) is 0. The second-order valence-corrected chi connectivity index (χ2v) is 8.75. The van der Waals surface area contributed by atoms with Crippen LogP contribution in [-0.4, -0.2) is 26.9 Å². The SMILES string of the molecule is CCCCCNC(=O)[C@@H](NS(=O)(=O)c1ccc(I)cc1)C(C)C. The van der Waals surface area contributed by atoms with E-state index in [-0.39, 0.29) is 16.7 Å². The summed E-state index contributed by atoms with van der Waals surface area (Å²) >= 11 is 2.11. The van der Waals surface area contributed by atoms with Crippen LogP contribution in [0.2, 0.25) is 0 Å². The van der Waals surface area contributed by atoms with E-state index in [0.29, 0.717) is 6.54 Å². The van der Waals surface area contributed by atoms with Gasteiger partial charge in [0.1, 0.15) is 6.04 Å². The Kier molecular flexibility index (Phi) is 8.49. The lowest BCUT2D eigenvalue weighted by molar-refractivity contribution is -0.123. The molecule has 1 aromatic rings. The molecular weight excluding hydrogens is 427 g/mol. The average Bonchev–Trinajstić information content (AvgIpc) is 2.49. The van der Waals surface area contributed by atoms with Crippen molar-refractivity contribution in [3.8, 4) is 0 Å². The molecule has 0 aliphatic carbocycles. The standard InChI is InChI=1S/C16H25IN2O3S/c1-4-5-6-11-18-16(20)15(12(2)3)19-23(21,22)14-9-7-13(17)8-10-14/h7-10,12,15,19H,4-6,11H2,1-3H3,(H,18,20)/t15-/m0/s1. The highest BCUT2D eigenvalue weighted by Crippen LogP contribution is 2.14. The Morgan fingerprint density at radius 2 is 1.78 bits per heavy atom. The van der Waals surface area contributed by atoms with Crippen LogP contribution < -0.4 is 10.0 Å². The molecule has 130 valence electrons. The van der Waals surface area contributed by atoms with Gasteiger partial charge in [0.25, 0.3) is 0 Å². The number of carbonyl (C=O) groups is 1. The maximum Gasteiger partial charge on any atom is 0.241 e. The van der Waals surface area contributed by atoms with E-state index in [0.717, 1.165) is 22.8 Å². The van der Waals surface area contributed by atoms with E-state index in [1.165, 1.54) is 0 Å². The molecule has 0 bridgehead atoms. The molecule has 1 aromatic carbocycles. The molecule has 1 rings (SSSR count). The van der Waals surface area contributed by atoms with Gasteiger partial charge in [-0.3, -0.25) is 4.79 Å². The van der Waals surface area contributed by atoms with E-state index in [1.807, 2.05) is 13.8 Å². The van der Waals surface area contributed by atoms with Crippen LogP contribution in [0.3, 0.4) is 0 Å². The van der Waals surface area contributed by atoms with Crippen LogP contribution in [0.4, 0.5) is 0 Å². The Morgan fingerprint density at radius 3 is 2.30 bits per heavy atom. The minimum absolute atomic E-state index is 0.139. The third-order valence-corrected chi connectivity index (χ3v) is 5.61. The normalized spacial score (nSPS) is 13.1. The quantitative estimate of drug-likeness (QED) is 0.447. The Morgan fingerprint density at radius 1 is 1.17 bits per heavy atom. The molecule has 5 nitrogen and oxygen atoms in total. The van der Waals surface area contributed by atoms with Crippen molar-refractivity contribution in [2.24, 2.45) is 5.92 Å². The molecule has 0 fully saturated rings. The fraction of sp³-hybridized carbons (Fsp3) is 0.562. The van der Waals surface area contributed by atoms with Crippen molar-refractivity contribution >= 4 is 38.5 Å². The topological polar surface area (TPSA) is 75.3 Å². The van der Waals surface area contributed by atoms with Crippen LogP contribution in [0.25, 0.3) is 0 Å². The molecule has 0 aliphatic rings. The molecule has 23 heavy (non-hydrogen) atoms. The molecule has 0 unspecified atom stereocenters. The third kappa shape index (κ3) is 6.76. The first-order chi connectivity index (χ1) is 10.8. The van der Waals surface area contributed by atoms with Crippen LogP contribution in [0.1, 0.15) is 40.0 Å². The smallest absolute Gasteiger partial charge is 0.241 e. The van der Waals surface area contributed by atoms with Gasteiger partial charge in [0, 0.05) is 10.1 Å². The number of amides is 1. The summed E-state index contributed by atoms with van der Waals surface area (Å²) in [6.45, 7) is 6.31. The Balaban J connectivity index is 2.78. The molecule has 1 amide bonds. The monoisotopic (exact) mass is 452 g/mol. The fourth-order valence-corrected chi connectivity index (χ4v) is 3.74. The zero-order chi connectivity index (χ0) is 17.5. The van der Waals surface area contributed by atoms with E-state index in [4.69, 9.17) is 0 Å². The zero-order valence-electron chi connectivity index (χ0n) is 13.8. The number of hydrogen-bond donors (Lipinski definition) is 2. The number of nitrogens with one attached hydrogen (secondary N) is 2. The van der Waals surface area contributed by atoms with Gasteiger partial charge < -0.3 is 5.32 Å². The van der Waals surface area contributed by atoms with Crippen molar-refractivity contribution in [3.05, 3.63) is 27.8 Å². The average molecular weight is 452 g/mol. The second kappa shape index (κ2) is 9.58. The first kappa shape index (κ1) is 20.4. The molecule has 0 radical (unpaired) electrons. The second-order valence-electron chi connectivity index (χ2n) is 5.80. The lowest BCUT2D eigenvalue weighted by atomic mass is 10.1. The number of carbonyl (C=O) groups excluding carboxylic acids is 1. The summed E-state index contributed by atoms with van der Waals surface area (Å²) < 4.78 is 28.4. The van der Waals surface area contributed by atoms with Gasteiger partial charge in [-0.15, -0.1) is 0 Å². The summed E-state index contributed by atoms with van der Waals surface area (Å²) in [6.07, 6.45) is 3.01. The molecular formula is C16H25IN2O3S. The van der Waals surface area contributed by atoms with Crippen molar-refractivity contribution in [1.82, 2.24) is 10.0 Å². The summed E-state index contributed by atoms with van der Waals surface area (Å²) in [7, 11) is -3.72. The van der Waals surface area contributed by atoms with Gasteiger partial charge in [0.2, 0.25) is 15.9 Å². The molecule has 7 heteroatoms. The van der Waals surface area contributed by atoms with E-state index in [1.54, 1.807) is 24.3 Å². The lowest BCUT2D eigenvalue weighted by Crippen LogP contribution is -2.49. The van der Waals surface area contributed by atoms with Crippen LogP contribution in [-0.2, 0) is 14.8 Å². The molecule has 0 saturated heterocycles. The van der Waals surface area contributed by atoms with Gasteiger partial charge in [0.15, 0.2) is 0 Å². The predicted molar refractivity (Wildman–Crippen MR) is 101 cm³/mol. The molecule has 0 aliphatic heterocycles. The van der Waals surface area contributed by atoms with Gasteiger partial charge in [-0.1, -0.05) is 33.6 Å². The third-order valence-electron chi connectivity index (χ3n) is 3.43. The van der Waals surface area contributed by atoms with Crippen LogP contribution in [0.15, 0.2) is 29.2 Å². The fourth-order valence-electron chi connectivity index (χ4n) is 2.04. The van der Waals surface area contributed by atoms with Crippen molar-refractivity contribution < 1.29 is 13.2 Å². The highest BCUT2D eigenvalue weighted by molar-refractivity contribution is 14.1. The number of halogens is 1. The molecule has 2 N–H and O–H groups in total. The highest BCUT2D eigenvalue weighted by atomic mass is 127. The van der Waals surface area contributed by atoms with Crippen molar-refractivity contribution in [3.63, 3.8) is 0 Å². The van der Waals surface area contributed by atoms with Crippen LogP contribution in [0, 0.1) is 9.49 Å². The Hall–Kier alpha value is -0.670. The van der Waals surface area contributed by atoms with Crippen LogP contribution >= 0.6 is 22.6 Å². The summed E-state index contributed by atoms with van der Waals surface area (Å²) in [6, 6.07) is 5.76. The number of unbranched alkanes of at least 4 members (excludes halogenated alkanes) is 2. The molecule has 0 heterocycles. The maximum absolute atomic E-state index is 12.4. The van der Waals surface area contributed by atoms with Crippen molar-refractivity contribution in [2.75, 3.05) is 6.54 Å². The largest absolute Gasteiger partial charge is 0.355 e. The van der Waals surface area contributed by atoms with E-state index >= 15 is 0 Å². The van der Waals surface area contributed by atoms with E-state index in [2.05, 4.69) is 39.6 Å². The van der Waals surface area contributed by atoms with Crippen molar-refractivity contribution in [2.45, 2.75) is 51.0 Å². The maximum atomic E-state index is 12.4. The van der Waals surface area contributed by atoms with Gasteiger partial charge in [0.05, 0.1) is 4.90 Å². The molecule has 0 spiro atoms. The van der Waals surface area contributed by atoms with Crippen LogP contribution in [0.5, 0.6) is 0 Å². The lowest BCUT2D eigenvalue weighted by Gasteiger charge is -2.21. The summed E-state index contributed by atoms with van der Waals surface area (Å²) in [5.74, 6) is -0.412. The Bertz CT molecular complexity index is 600. The minimum atomic E-state index is -3.72. The van der Waals surface area contributed by atoms with E-state index in [9.17, 15) is 13.2 Å². The minimum Gasteiger partial charge on any atom is -0.355 e. The number of hydrogen-bond acceptors (Lipinski definition) is 3. The number of benzene rings is 1. The van der Waals surface area contributed by atoms with E-state index < -0.39 is 16.1 Å². The highest BCUT2D eigenvalue weighted by Gasteiger charge is 2.28. The van der Waals surface area contributed by atoms with Gasteiger partial charge in [-0.2, -0.15) is 4.72 Å². The van der Waals surface area contributed by atoms with Gasteiger partial charge in [-0.25, -0.2) is 8.42 Å². The summed E-state index contributed by atoms with van der Waals surface area (Å²) in [4.78, 5) is 12.4. The van der Waals surface area contributed by atoms with Gasteiger partial charge >= 0.3 is 0 Å². The zero-order valence-corrected chi connectivity index (χ0v) is 16.8.